The lowest BCUT2D eigenvalue weighted by atomic mass is 10.1. The van der Waals surface area contributed by atoms with Crippen LogP contribution in [0, 0.1) is 12.9 Å². The van der Waals surface area contributed by atoms with Crippen LogP contribution >= 0.6 is 0 Å². The molecule has 5 rings (SSSR count). The van der Waals surface area contributed by atoms with Gasteiger partial charge in [-0.15, -0.1) is 0 Å². The van der Waals surface area contributed by atoms with E-state index in [1.54, 1.807) is 28.9 Å². The van der Waals surface area contributed by atoms with Crippen LogP contribution in [0.5, 0.6) is 0 Å². The van der Waals surface area contributed by atoms with Crippen molar-refractivity contribution in [2.75, 3.05) is 38.1 Å². The molecule has 9 nitrogen and oxygen atoms in total. The van der Waals surface area contributed by atoms with E-state index in [4.69, 9.17) is 0 Å². The predicted molar refractivity (Wildman–Crippen MR) is 123 cm³/mol. The zero-order valence-electron chi connectivity index (χ0n) is 18.4. The lowest BCUT2D eigenvalue weighted by Gasteiger charge is -2.36. The van der Waals surface area contributed by atoms with Gasteiger partial charge in [0.15, 0.2) is 0 Å². The fraction of sp³-hybridized carbons (Fsp3) is 0.304. The summed E-state index contributed by atoms with van der Waals surface area (Å²) in [7, 11) is 1.49. The van der Waals surface area contributed by atoms with E-state index in [0.29, 0.717) is 24.3 Å². The van der Waals surface area contributed by atoms with Gasteiger partial charge < -0.3 is 15.2 Å². The Balaban J connectivity index is 1.31. The zero-order valence-corrected chi connectivity index (χ0v) is 18.4. The molecule has 4 heterocycles. The van der Waals surface area contributed by atoms with Gasteiger partial charge in [0.2, 0.25) is 5.95 Å². The summed E-state index contributed by atoms with van der Waals surface area (Å²) in [6.45, 7) is 5.54. The van der Waals surface area contributed by atoms with E-state index in [0.717, 1.165) is 41.8 Å². The van der Waals surface area contributed by atoms with Gasteiger partial charge in [0.1, 0.15) is 11.2 Å². The van der Waals surface area contributed by atoms with Crippen molar-refractivity contribution < 1.29 is 9.18 Å². The number of carbonyl (C=O) groups is 1. The highest BCUT2D eigenvalue weighted by atomic mass is 19.1. The molecule has 1 aliphatic heterocycles. The quantitative estimate of drug-likeness (QED) is 0.460. The Morgan fingerprint density at radius 3 is 2.64 bits per heavy atom. The summed E-state index contributed by atoms with van der Waals surface area (Å²) >= 11 is 0. The van der Waals surface area contributed by atoms with Crippen molar-refractivity contribution in [3.63, 3.8) is 0 Å². The maximum absolute atomic E-state index is 14.5. The molecule has 0 spiro atoms. The second kappa shape index (κ2) is 8.28. The minimum atomic E-state index is -0.635. The van der Waals surface area contributed by atoms with Crippen molar-refractivity contribution in [1.82, 2.24) is 29.8 Å². The van der Waals surface area contributed by atoms with Crippen molar-refractivity contribution in [2.45, 2.75) is 13.5 Å². The maximum Gasteiger partial charge on any atom is 0.274 e. The Labute approximate surface area is 188 Å². The van der Waals surface area contributed by atoms with E-state index in [2.05, 4.69) is 31.3 Å². The minimum Gasteiger partial charge on any atom is -0.365 e. The number of piperazine rings is 1. The Morgan fingerprint density at radius 1 is 1.12 bits per heavy atom. The average Bonchev–Trinajstić information content (AvgIpc) is 3.32. The zero-order chi connectivity index (χ0) is 23.1. The minimum absolute atomic E-state index is 0.0644. The molecule has 170 valence electrons. The summed E-state index contributed by atoms with van der Waals surface area (Å²) in [5.74, 6) is -1.05. The van der Waals surface area contributed by atoms with E-state index in [-0.39, 0.29) is 11.3 Å². The number of halogens is 1. The number of fused-ring (bicyclic) bond motifs is 3. The summed E-state index contributed by atoms with van der Waals surface area (Å²) in [6, 6.07) is 8.91. The van der Waals surface area contributed by atoms with Crippen molar-refractivity contribution in [3.8, 4) is 0 Å². The number of aromatic amines is 1. The molecular formula is C23H24FN7O2. The van der Waals surface area contributed by atoms with Gasteiger partial charge in [-0.3, -0.25) is 14.5 Å². The third kappa shape index (κ3) is 3.72. The van der Waals surface area contributed by atoms with Gasteiger partial charge in [-0.25, -0.2) is 9.50 Å². The fourth-order valence-electron chi connectivity index (χ4n) is 4.40. The molecular weight excluding hydrogens is 425 g/mol. The second-order valence-electron chi connectivity index (χ2n) is 8.17. The van der Waals surface area contributed by atoms with Crippen LogP contribution < -0.4 is 15.8 Å². The maximum atomic E-state index is 14.5. The highest BCUT2D eigenvalue weighted by Crippen LogP contribution is 2.23. The molecule has 33 heavy (non-hydrogen) atoms. The van der Waals surface area contributed by atoms with Crippen LogP contribution in [0.4, 0.5) is 10.1 Å². The lowest BCUT2D eigenvalue weighted by Crippen LogP contribution is -2.46. The number of nitrogens with zero attached hydrogens (tertiary/aromatic N) is 5. The normalized spacial score (nSPS) is 14.8. The summed E-state index contributed by atoms with van der Waals surface area (Å²) < 4.78 is 16.2. The van der Waals surface area contributed by atoms with Gasteiger partial charge in [0, 0.05) is 39.8 Å². The van der Waals surface area contributed by atoms with Crippen LogP contribution in [0.15, 0.2) is 41.3 Å². The summed E-state index contributed by atoms with van der Waals surface area (Å²) in [5, 5.41) is 6.73. The Hall–Kier alpha value is -3.79. The molecule has 1 fully saturated rings. The van der Waals surface area contributed by atoms with Gasteiger partial charge >= 0.3 is 0 Å². The van der Waals surface area contributed by atoms with Gasteiger partial charge in [-0.05, 0) is 42.3 Å². The number of pyridine rings is 1. The van der Waals surface area contributed by atoms with Crippen LogP contribution in [0.1, 0.15) is 21.6 Å². The van der Waals surface area contributed by atoms with Crippen molar-refractivity contribution in [1.29, 1.82) is 0 Å². The monoisotopic (exact) mass is 449 g/mol. The standard InChI is InChI=1S/C23H24FN7O2/c1-14-15(3-5-17-20(14)28-23(33)19-7-8-26-31(17)19)13-29-9-11-30(12-10-29)18-6-4-16(22(32)25-2)27-21(18)24/h3-8H,9-13H2,1-2H3,(H,25,32)(H,28,33). The van der Waals surface area contributed by atoms with Crippen molar-refractivity contribution >= 4 is 28.1 Å². The Kier molecular flexibility index (Phi) is 5.29. The first kappa shape index (κ1) is 21.1. The number of aryl methyl sites for hydroxylation is 1. The topological polar surface area (TPSA) is 98.6 Å². The van der Waals surface area contributed by atoms with E-state index in [1.807, 2.05) is 17.9 Å². The first-order valence-corrected chi connectivity index (χ1v) is 10.8. The molecule has 0 aliphatic carbocycles. The number of carbonyl (C=O) groups excluding carboxylic acids is 1. The van der Waals surface area contributed by atoms with Crippen LogP contribution in [0.25, 0.3) is 16.6 Å². The number of nitrogens with one attached hydrogen (secondary N) is 2. The van der Waals surface area contributed by atoms with Gasteiger partial charge in [0.25, 0.3) is 11.5 Å². The molecule has 3 aromatic heterocycles. The first-order valence-electron chi connectivity index (χ1n) is 10.8. The number of hydrogen-bond acceptors (Lipinski definition) is 6. The van der Waals surface area contributed by atoms with Crippen molar-refractivity contribution in [2.24, 2.45) is 0 Å². The first-order chi connectivity index (χ1) is 16.0. The Bertz CT molecular complexity index is 1420. The molecule has 1 aromatic carbocycles. The smallest absolute Gasteiger partial charge is 0.274 e. The highest BCUT2D eigenvalue weighted by molar-refractivity contribution is 5.92. The lowest BCUT2D eigenvalue weighted by molar-refractivity contribution is 0.0957. The van der Waals surface area contributed by atoms with E-state index in [9.17, 15) is 14.0 Å². The molecule has 1 amide bonds. The van der Waals surface area contributed by atoms with E-state index < -0.39 is 11.9 Å². The highest BCUT2D eigenvalue weighted by Gasteiger charge is 2.22. The number of hydrogen-bond donors (Lipinski definition) is 2. The molecule has 10 heteroatoms. The number of benzene rings is 1. The van der Waals surface area contributed by atoms with Crippen LogP contribution in [-0.4, -0.2) is 63.6 Å². The largest absolute Gasteiger partial charge is 0.365 e. The third-order valence-electron chi connectivity index (χ3n) is 6.29. The third-order valence-corrected chi connectivity index (χ3v) is 6.29. The summed E-state index contributed by atoms with van der Waals surface area (Å²) in [5.41, 5.74) is 4.63. The molecule has 0 radical (unpaired) electrons. The number of aromatic nitrogens is 4. The van der Waals surface area contributed by atoms with Crippen LogP contribution in [-0.2, 0) is 6.54 Å². The second-order valence-corrected chi connectivity index (χ2v) is 8.17. The van der Waals surface area contributed by atoms with Gasteiger partial charge in [-0.2, -0.15) is 9.49 Å². The van der Waals surface area contributed by atoms with Crippen LogP contribution in [0.2, 0.25) is 0 Å². The molecule has 0 atom stereocenters. The Morgan fingerprint density at radius 2 is 1.91 bits per heavy atom. The van der Waals surface area contributed by atoms with E-state index >= 15 is 0 Å². The summed E-state index contributed by atoms with van der Waals surface area (Å²) in [6.07, 6.45) is 1.62. The molecule has 0 bridgehead atoms. The molecule has 4 aromatic rings. The average molecular weight is 449 g/mol. The SMILES string of the molecule is CNC(=O)c1ccc(N2CCN(Cc3ccc4c([nH]c(=O)c5ccnn54)c3C)CC2)c(F)n1. The molecule has 2 N–H and O–H groups in total. The van der Waals surface area contributed by atoms with Crippen LogP contribution in [0.3, 0.4) is 0 Å². The molecule has 0 saturated carbocycles. The number of anilines is 1. The molecule has 0 unspecified atom stereocenters. The van der Waals surface area contributed by atoms with Gasteiger partial charge in [-0.1, -0.05) is 6.07 Å². The molecule has 1 saturated heterocycles. The van der Waals surface area contributed by atoms with Crippen molar-refractivity contribution in [3.05, 3.63) is 69.7 Å². The number of rotatable bonds is 4. The summed E-state index contributed by atoms with van der Waals surface area (Å²) in [4.78, 5) is 35.1. The fourth-order valence-corrected chi connectivity index (χ4v) is 4.40. The van der Waals surface area contributed by atoms with Gasteiger partial charge in [0.05, 0.1) is 22.9 Å². The predicted octanol–water partition coefficient (Wildman–Crippen LogP) is 1.70. The number of H-pyrrole nitrogens is 1. The molecule has 1 aliphatic rings. The van der Waals surface area contributed by atoms with E-state index in [1.165, 1.54) is 7.05 Å². The number of amides is 1.